The Morgan fingerprint density at radius 1 is 1.44 bits per heavy atom. The van der Waals surface area contributed by atoms with Gasteiger partial charge in [-0.2, -0.15) is 0 Å². The summed E-state index contributed by atoms with van der Waals surface area (Å²) in [6.07, 6.45) is 2.81. The van der Waals surface area contributed by atoms with Gasteiger partial charge in [-0.15, -0.1) is 11.3 Å². The Morgan fingerprint density at radius 3 is 2.94 bits per heavy atom. The van der Waals surface area contributed by atoms with Crippen LogP contribution in [0.2, 0.25) is 0 Å². The average molecular weight is 298 g/mol. The monoisotopic (exact) mass is 297 g/mol. The predicted octanol–water partition coefficient (Wildman–Crippen LogP) is 3.83. The van der Waals surface area contributed by atoms with Crippen LogP contribution < -0.4 is 4.74 Å². The molecule has 0 aliphatic carbocycles. The molecule has 2 nitrogen and oxygen atoms in total. The van der Waals surface area contributed by atoms with Gasteiger partial charge in [0.1, 0.15) is 5.75 Å². The standard InChI is InChI=1S/C12H12BrNOS/c1-15-11-5-3-2-4-9(11)6-10(13)12-7-14-8-16-12/h2-5,7-8,10H,6H2,1H3. The van der Waals surface area contributed by atoms with E-state index < -0.39 is 0 Å². The van der Waals surface area contributed by atoms with Crippen LogP contribution in [0.15, 0.2) is 36.0 Å². The highest BCUT2D eigenvalue weighted by Gasteiger charge is 2.12. The molecular formula is C12H12BrNOS. The Labute approximate surface area is 107 Å². The van der Waals surface area contributed by atoms with Crippen LogP contribution in [0.3, 0.4) is 0 Å². The molecule has 0 amide bonds. The number of nitrogens with zero attached hydrogens (tertiary/aromatic N) is 1. The van der Waals surface area contributed by atoms with E-state index in [1.165, 1.54) is 10.4 Å². The number of aromatic nitrogens is 1. The summed E-state index contributed by atoms with van der Waals surface area (Å²) in [4.78, 5) is 5.63. The third-order valence-electron chi connectivity index (χ3n) is 2.35. The van der Waals surface area contributed by atoms with Gasteiger partial charge >= 0.3 is 0 Å². The Kier molecular flexibility index (Phi) is 3.96. The highest BCUT2D eigenvalue weighted by molar-refractivity contribution is 9.09. The lowest BCUT2D eigenvalue weighted by molar-refractivity contribution is 0.409. The van der Waals surface area contributed by atoms with E-state index in [1.807, 2.05) is 29.9 Å². The van der Waals surface area contributed by atoms with Gasteiger partial charge in [-0.3, -0.25) is 4.98 Å². The fraction of sp³-hybridized carbons (Fsp3) is 0.250. The molecule has 0 saturated heterocycles. The van der Waals surface area contributed by atoms with Crippen molar-refractivity contribution >= 4 is 27.3 Å². The fourth-order valence-electron chi connectivity index (χ4n) is 1.55. The quantitative estimate of drug-likeness (QED) is 0.800. The fourth-order valence-corrected chi connectivity index (χ4v) is 2.93. The van der Waals surface area contributed by atoms with Gasteiger partial charge < -0.3 is 4.74 Å². The molecule has 1 atom stereocenters. The van der Waals surface area contributed by atoms with Crippen LogP contribution in [0.4, 0.5) is 0 Å². The first-order valence-corrected chi connectivity index (χ1v) is 6.75. The minimum absolute atomic E-state index is 0.302. The van der Waals surface area contributed by atoms with Crippen molar-refractivity contribution in [3.8, 4) is 5.75 Å². The van der Waals surface area contributed by atoms with E-state index in [-0.39, 0.29) is 0 Å². The Hall–Kier alpha value is -0.870. The van der Waals surface area contributed by atoms with Gasteiger partial charge in [-0.05, 0) is 18.1 Å². The van der Waals surface area contributed by atoms with Crippen molar-refractivity contribution in [2.45, 2.75) is 11.2 Å². The SMILES string of the molecule is COc1ccccc1CC(Br)c1cncs1. The van der Waals surface area contributed by atoms with E-state index in [1.54, 1.807) is 18.4 Å². The minimum atomic E-state index is 0.302. The summed E-state index contributed by atoms with van der Waals surface area (Å²) in [7, 11) is 1.70. The number of methoxy groups -OCH3 is 1. The van der Waals surface area contributed by atoms with Crippen molar-refractivity contribution < 1.29 is 4.74 Å². The second-order valence-corrected chi connectivity index (χ2v) is 5.41. The maximum absolute atomic E-state index is 5.33. The first kappa shape index (κ1) is 11.6. The lowest BCUT2D eigenvalue weighted by Gasteiger charge is -2.11. The van der Waals surface area contributed by atoms with E-state index in [9.17, 15) is 0 Å². The molecule has 0 fully saturated rings. The Balaban J connectivity index is 2.14. The predicted molar refractivity (Wildman–Crippen MR) is 70.5 cm³/mol. The molecule has 0 aliphatic heterocycles. The summed E-state index contributed by atoms with van der Waals surface area (Å²) >= 11 is 5.35. The van der Waals surface area contributed by atoms with E-state index in [2.05, 4.69) is 27.0 Å². The molecule has 1 aromatic heterocycles. The summed E-state index contributed by atoms with van der Waals surface area (Å²) in [5.74, 6) is 0.941. The number of thiazole rings is 1. The summed E-state index contributed by atoms with van der Waals surface area (Å²) in [5.41, 5.74) is 3.06. The molecule has 0 saturated carbocycles. The number of hydrogen-bond donors (Lipinski definition) is 0. The molecule has 16 heavy (non-hydrogen) atoms. The van der Waals surface area contributed by atoms with Crippen LogP contribution in [-0.4, -0.2) is 12.1 Å². The van der Waals surface area contributed by atoms with Crippen molar-refractivity contribution in [2.75, 3.05) is 7.11 Å². The second kappa shape index (κ2) is 5.46. The van der Waals surface area contributed by atoms with Gasteiger partial charge in [0, 0.05) is 11.1 Å². The number of ether oxygens (including phenoxy) is 1. The van der Waals surface area contributed by atoms with Crippen LogP contribution in [0.1, 0.15) is 15.3 Å². The second-order valence-electron chi connectivity index (χ2n) is 3.39. The van der Waals surface area contributed by atoms with E-state index in [4.69, 9.17) is 4.74 Å². The molecule has 2 rings (SSSR count). The van der Waals surface area contributed by atoms with Crippen molar-refractivity contribution in [3.05, 3.63) is 46.4 Å². The molecule has 0 radical (unpaired) electrons. The number of alkyl halides is 1. The van der Waals surface area contributed by atoms with Crippen molar-refractivity contribution in [2.24, 2.45) is 0 Å². The smallest absolute Gasteiger partial charge is 0.122 e. The summed E-state index contributed by atoms with van der Waals surface area (Å²) < 4.78 is 5.33. The molecule has 1 heterocycles. The van der Waals surface area contributed by atoms with Crippen molar-refractivity contribution in [1.82, 2.24) is 4.98 Å². The number of hydrogen-bond acceptors (Lipinski definition) is 3. The van der Waals surface area contributed by atoms with Crippen LogP contribution in [-0.2, 0) is 6.42 Å². The summed E-state index contributed by atoms with van der Waals surface area (Å²) in [6, 6.07) is 8.10. The lowest BCUT2D eigenvalue weighted by Crippen LogP contribution is -1.96. The van der Waals surface area contributed by atoms with E-state index in [0.29, 0.717) is 4.83 Å². The molecule has 0 bridgehead atoms. The number of rotatable bonds is 4. The first-order valence-electron chi connectivity index (χ1n) is 4.95. The van der Waals surface area contributed by atoms with E-state index in [0.717, 1.165) is 12.2 Å². The summed E-state index contributed by atoms with van der Waals surface area (Å²) in [6.45, 7) is 0. The number of para-hydroxylation sites is 1. The molecule has 1 aromatic carbocycles. The van der Waals surface area contributed by atoms with Crippen LogP contribution in [0.25, 0.3) is 0 Å². The van der Waals surface area contributed by atoms with Gasteiger partial charge in [-0.25, -0.2) is 0 Å². The van der Waals surface area contributed by atoms with Gasteiger partial charge in [0.15, 0.2) is 0 Å². The van der Waals surface area contributed by atoms with Gasteiger partial charge in [-0.1, -0.05) is 34.1 Å². The van der Waals surface area contributed by atoms with Crippen LogP contribution in [0, 0.1) is 0 Å². The normalized spacial score (nSPS) is 12.4. The van der Waals surface area contributed by atoms with Crippen LogP contribution in [0.5, 0.6) is 5.75 Å². The molecule has 0 spiro atoms. The lowest BCUT2D eigenvalue weighted by atomic mass is 10.1. The highest BCUT2D eigenvalue weighted by atomic mass is 79.9. The molecule has 1 unspecified atom stereocenters. The van der Waals surface area contributed by atoms with Gasteiger partial charge in [0.2, 0.25) is 0 Å². The number of halogens is 1. The zero-order chi connectivity index (χ0) is 11.4. The third kappa shape index (κ3) is 2.62. The Morgan fingerprint density at radius 2 is 2.25 bits per heavy atom. The van der Waals surface area contributed by atoms with Crippen LogP contribution >= 0.6 is 27.3 Å². The zero-order valence-corrected chi connectivity index (χ0v) is 11.3. The van der Waals surface area contributed by atoms with Crippen molar-refractivity contribution in [1.29, 1.82) is 0 Å². The molecular weight excluding hydrogens is 286 g/mol. The molecule has 0 aliphatic rings. The first-order chi connectivity index (χ1) is 7.81. The van der Waals surface area contributed by atoms with Gasteiger partial charge in [0.05, 0.1) is 17.4 Å². The third-order valence-corrected chi connectivity index (χ3v) is 4.36. The number of benzene rings is 1. The maximum Gasteiger partial charge on any atom is 0.122 e. The average Bonchev–Trinajstić information content (AvgIpc) is 2.83. The molecule has 4 heteroatoms. The molecule has 0 N–H and O–H groups in total. The topological polar surface area (TPSA) is 22.1 Å². The highest BCUT2D eigenvalue weighted by Crippen LogP contribution is 2.32. The largest absolute Gasteiger partial charge is 0.496 e. The van der Waals surface area contributed by atoms with Gasteiger partial charge in [0.25, 0.3) is 0 Å². The Bertz CT molecular complexity index is 444. The maximum atomic E-state index is 5.33. The van der Waals surface area contributed by atoms with E-state index >= 15 is 0 Å². The van der Waals surface area contributed by atoms with Crippen molar-refractivity contribution in [3.63, 3.8) is 0 Å². The zero-order valence-electron chi connectivity index (χ0n) is 8.89. The molecule has 2 aromatic rings. The molecule has 84 valence electrons. The minimum Gasteiger partial charge on any atom is -0.496 e. The summed E-state index contributed by atoms with van der Waals surface area (Å²) in [5, 5.41) is 0.